The Morgan fingerprint density at radius 3 is 2.22 bits per heavy atom. The Labute approximate surface area is 192 Å². The third-order valence-corrected chi connectivity index (χ3v) is 12.1. The zero-order valence-corrected chi connectivity index (χ0v) is 22.5. The molecule has 0 unspecified atom stereocenters. The Hall–Kier alpha value is -2.59. The van der Waals surface area contributed by atoms with Gasteiger partial charge in [0.2, 0.25) is 0 Å². The van der Waals surface area contributed by atoms with Crippen molar-refractivity contribution in [3.63, 3.8) is 0 Å². The SMILES string of the molecule is Cc1cc2c3ccc(C)c(C)c3n3c4c[c]([Ge]([CH3])([CH3])[CH3])cc5cc[n+](C)c(c(c1C)c23)c54. The van der Waals surface area contributed by atoms with Crippen molar-refractivity contribution in [1.29, 1.82) is 0 Å². The maximum atomic E-state index is 2.61. The third kappa shape index (κ3) is 2.39. The standard InChI is InChI=1S/C29H31GeN2/c1-16-9-10-22-23-13-17(2)18(3)25-28(23)32(27(22)19(16)4)24-15-21(30(5,6)7)14-20-11-12-31(8)29(25)26(20)24/h9-15H,1-8H3/q+1. The van der Waals surface area contributed by atoms with E-state index < -0.39 is 13.3 Å². The van der Waals surface area contributed by atoms with Crippen LogP contribution in [-0.4, -0.2) is 17.7 Å². The summed E-state index contributed by atoms with van der Waals surface area (Å²) < 4.78 is 6.52. The number of aromatic nitrogens is 2. The molecule has 3 heteroatoms. The number of fused-ring (bicyclic) bond motifs is 5. The van der Waals surface area contributed by atoms with Crippen LogP contribution in [0.4, 0.5) is 0 Å². The minimum atomic E-state index is -2.04. The number of hydrogen-bond acceptors (Lipinski definition) is 0. The molecule has 6 rings (SSSR count). The predicted molar refractivity (Wildman–Crippen MR) is 142 cm³/mol. The monoisotopic (exact) mass is 481 g/mol. The Morgan fingerprint density at radius 1 is 0.750 bits per heavy atom. The topological polar surface area (TPSA) is 8.29 Å². The van der Waals surface area contributed by atoms with Crippen LogP contribution in [0, 0.1) is 27.7 Å². The van der Waals surface area contributed by atoms with Crippen LogP contribution in [0.15, 0.2) is 42.6 Å². The minimum absolute atomic E-state index is 1.36. The quantitative estimate of drug-likeness (QED) is 0.109. The summed E-state index contributed by atoms with van der Waals surface area (Å²) in [5.74, 6) is 7.50. The number of rotatable bonds is 1. The molecule has 0 N–H and O–H groups in total. The van der Waals surface area contributed by atoms with Gasteiger partial charge in [-0.15, -0.1) is 0 Å². The second kappa shape index (κ2) is 6.26. The van der Waals surface area contributed by atoms with Gasteiger partial charge in [-0.2, -0.15) is 0 Å². The van der Waals surface area contributed by atoms with Crippen molar-refractivity contribution in [2.24, 2.45) is 7.05 Å². The molecule has 0 aliphatic heterocycles. The first-order valence-corrected chi connectivity index (χ1v) is 19.0. The maximum absolute atomic E-state index is 2.61. The van der Waals surface area contributed by atoms with E-state index in [2.05, 4.69) is 104 Å². The van der Waals surface area contributed by atoms with E-state index in [-0.39, 0.29) is 0 Å². The Balaban J connectivity index is 2.10. The number of pyridine rings is 2. The summed E-state index contributed by atoms with van der Waals surface area (Å²) in [7, 11) is 2.20. The molecule has 0 aliphatic carbocycles. The van der Waals surface area contributed by atoms with Crippen molar-refractivity contribution in [2.45, 2.75) is 45.0 Å². The van der Waals surface area contributed by atoms with Crippen LogP contribution in [-0.2, 0) is 7.05 Å². The summed E-state index contributed by atoms with van der Waals surface area (Å²) in [4.78, 5) is 0. The molecule has 0 aliphatic rings. The van der Waals surface area contributed by atoms with E-state index in [0.717, 1.165) is 0 Å². The van der Waals surface area contributed by atoms with Crippen LogP contribution in [0.25, 0.3) is 49.0 Å². The van der Waals surface area contributed by atoms with Gasteiger partial charge in [0.05, 0.1) is 0 Å². The van der Waals surface area contributed by atoms with Gasteiger partial charge in [-0.1, -0.05) is 0 Å². The molecule has 0 saturated heterocycles. The molecule has 3 aromatic heterocycles. The summed E-state index contributed by atoms with van der Waals surface area (Å²) >= 11 is -2.04. The van der Waals surface area contributed by atoms with Gasteiger partial charge in [0.15, 0.2) is 0 Å². The van der Waals surface area contributed by atoms with Crippen LogP contribution in [0.2, 0.25) is 17.3 Å². The average Bonchev–Trinajstić information content (AvgIpc) is 3.06. The van der Waals surface area contributed by atoms with E-state index in [4.69, 9.17) is 0 Å². The zero-order chi connectivity index (χ0) is 22.7. The molecule has 0 spiro atoms. The first-order chi connectivity index (χ1) is 15.1. The molecule has 32 heavy (non-hydrogen) atoms. The summed E-state index contributed by atoms with van der Waals surface area (Å²) in [6, 6.07) is 14.4. The number of benzene rings is 3. The van der Waals surface area contributed by atoms with Crippen LogP contribution in [0.3, 0.4) is 0 Å². The molecule has 0 radical (unpaired) electrons. The van der Waals surface area contributed by atoms with Gasteiger partial charge in [-0.3, -0.25) is 0 Å². The van der Waals surface area contributed by atoms with E-state index in [1.807, 2.05) is 0 Å². The van der Waals surface area contributed by atoms with Gasteiger partial charge >= 0.3 is 192 Å². The molecule has 3 aromatic carbocycles. The van der Waals surface area contributed by atoms with Gasteiger partial charge in [-0.25, -0.2) is 0 Å². The van der Waals surface area contributed by atoms with E-state index >= 15 is 0 Å². The molecule has 2 nitrogen and oxygen atoms in total. The third-order valence-electron chi connectivity index (χ3n) is 7.82. The fourth-order valence-corrected chi connectivity index (χ4v) is 8.11. The van der Waals surface area contributed by atoms with Crippen molar-refractivity contribution in [2.75, 3.05) is 0 Å². The number of nitrogens with zero attached hydrogens (tertiary/aromatic N) is 2. The second-order valence-corrected chi connectivity index (χ2v) is 21.5. The van der Waals surface area contributed by atoms with Gasteiger partial charge in [-0.05, 0) is 0 Å². The Kier molecular flexibility index (Phi) is 3.92. The number of aryl methyl sites for hydroxylation is 5. The van der Waals surface area contributed by atoms with E-state index in [1.165, 1.54) is 71.3 Å². The average molecular weight is 480 g/mol. The van der Waals surface area contributed by atoms with Crippen LogP contribution in [0.1, 0.15) is 22.3 Å². The number of hydrogen-bond donors (Lipinski definition) is 0. The fourth-order valence-electron chi connectivity index (χ4n) is 5.68. The molecular formula is C29H31GeN2+. The van der Waals surface area contributed by atoms with Crippen LogP contribution in [0.5, 0.6) is 0 Å². The molecule has 3 heterocycles. The Morgan fingerprint density at radius 2 is 1.50 bits per heavy atom. The van der Waals surface area contributed by atoms with Crippen molar-refractivity contribution in [3.8, 4) is 0 Å². The van der Waals surface area contributed by atoms with E-state index in [9.17, 15) is 0 Å². The summed E-state index contributed by atoms with van der Waals surface area (Å²) in [6.45, 7) is 9.10. The van der Waals surface area contributed by atoms with Crippen molar-refractivity contribution in [3.05, 3.63) is 64.8 Å². The molecular weight excluding hydrogens is 449 g/mol. The van der Waals surface area contributed by atoms with Gasteiger partial charge in [0.25, 0.3) is 0 Å². The molecule has 0 saturated carbocycles. The fraction of sp³-hybridized carbons (Fsp3) is 0.276. The van der Waals surface area contributed by atoms with E-state index in [0.29, 0.717) is 0 Å². The summed E-state index contributed by atoms with van der Waals surface area (Å²) in [5.41, 5.74) is 11.0. The van der Waals surface area contributed by atoms with Gasteiger partial charge in [0.1, 0.15) is 0 Å². The van der Waals surface area contributed by atoms with E-state index in [1.54, 1.807) is 4.40 Å². The van der Waals surface area contributed by atoms with Crippen molar-refractivity contribution in [1.82, 2.24) is 4.40 Å². The van der Waals surface area contributed by atoms with Crippen LogP contribution < -0.4 is 8.96 Å². The normalized spacial score (nSPS) is 13.0. The van der Waals surface area contributed by atoms with Gasteiger partial charge < -0.3 is 0 Å². The van der Waals surface area contributed by atoms with Crippen molar-refractivity contribution < 1.29 is 4.57 Å². The molecule has 0 bridgehead atoms. The summed E-state index contributed by atoms with van der Waals surface area (Å²) in [5, 5.41) is 6.92. The van der Waals surface area contributed by atoms with Crippen molar-refractivity contribution >= 4 is 66.7 Å². The first-order valence-electron chi connectivity index (χ1n) is 11.6. The molecule has 0 amide bonds. The Bertz CT molecular complexity index is 1750. The zero-order valence-electron chi connectivity index (χ0n) is 20.4. The molecule has 0 fully saturated rings. The second-order valence-electron chi connectivity index (χ2n) is 10.8. The predicted octanol–water partition coefficient (Wildman–Crippen LogP) is 6.59. The molecule has 160 valence electrons. The van der Waals surface area contributed by atoms with Gasteiger partial charge in [0, 0.05) is 0 Å². The molecule has 0 atom stereocenters. The molecule has 6 aromatic rings. The summed E-state index contributed by atoms with van der Waals surface area (Å²) in [6.07, 6.45) is 2.25. The first kappa shape index (κ1) is 20.1. The van der Waals surface area contributed by atoms with Crippen LogP contribution >= 0.6 is 0 Å².